The highest BCUT2D eigenvalue weighted by molar-refractivity contribution is 6.08. The number of rotatable bonds is 3. The van der Waals surface area contributed by atoms with Gasteiger partial charge in [0.05, 0.1) is 11.1 Å². The zero-order valence-corrected chi connectivity index (χ0v) is 14.3. The third kappa shape index (κ3) is 2.75. The second kappa shape index (κ2) is 6.24. The van der Waals surface area contributed by atoms with Crippen LogP contribution in [0.2, 0.25) is 0 Å². The topological polar surface area (TPSA) is 131 Å². The molecule has 7 nitrogen and oxygen atoms in total. The van der Waals surface area contributed by atoms with Crippen molar-refractivity contribution in [3.8, 4) is 22.5 Å². The Morgan fingerprint density at radius 3 is 2.32 bits per heavy atom. The second-order valence-electron chi connectivity index (χ2n) is 6.26. The monoisotopic (exact) mass is 375 g/mol. The minimum atomic E-state index is -1.27. The molecule has 2 aromatic carbocycles. The van der Waals surface area contributed by atoms with Crippen molar-refractivity contribution in [3.63, 3.8) is 0 Å². The highest BCUT2D eigenvalue weighted by Crippen LogP contribution is 2.41. The summed E-state index contributed by atoms with van der Waals surface area (Å²) < 4.78 is 5.81. The van der Waals surface area contributed by atoms with Gasteiger partial charge in [-0.15, -0.1) is 0 Å². The van der Waals surface area contributed by atoms with E-state index in [1.165, 1.54) is 24.3 Å². The van der Waals surface area contributed by atoms with Crippen LogP contribution in [0.3, 0.4) is 0 Å². The number of hydrogen-bond acceptors (Lipinski definition) is 5. The van der Waals surface area contributed by atoms with Crippen LogP contribution >= 0.6 is 0 Å². The molecule has 0 aromatic heterocycles. The molecule has 1 heterocycles. The van der Waals surface area contributed by atoms with Crippen LogP contribution in [0.15, 0.2) is 63.8 Å². The summed E-state index contributed by atoms with van der Waals surface area (Å²) in [6, 6.07) is 13.1. The number of nitrogen functional groups attached to an aromatic ring is 1. The number of aromatic carboxylic acids is 2. The molecule has 28 heavy (non-hydrogen) atoms. The van der Waals surface area contributed by atoms with Gasteiger partial charge in [-0.1, -0.05) is 6.07 Å². The number of nitrogens with two attached hydrogens (primary N) is 1. The fourth-order valence-corrected chi connectivity index (χ4v) is 3.25. The highest BCUT2D eigenvalue weighted by Gasteiger charge is 2.22. The largest absolute Gasteiger partial charge is 0.478 e. The standard InChI is InChI=1S/C21H13NO6/c22-11-2-5-14-17(8-11)28-18-9-12(23)3-6-15(18)19(14)13-4-1-10(20(24)25)7-16(13)21(26)27/h1-9H,22H2,(H,24,25)(H,26,27). The number of anilines is 1. The average molecular weight is 375 g/mol. The first-order valence-corrected chi connectivity index (χ1v) is 8.22. The van der Waals surface area contributed by atoms with E-state index in [0.29, 0.717) is 33.3 Å². The summed E-state index contributed by atoms with van der Waals surface area (Å²) in [6.07, 6.45) is 0. The Kier molecular flexibility index (Phi) is 3.85. The summed E-state index contributed by atoms with van der Waals surface area (Å²) in [7, 11) is 0. The van der Waals surface area contributed by atoms with Crippen molar-refractivity contribution in [2.45, 2.75) is 0 Å². The Bertz CT molecular complexity index is 1300. The van der Waals surface area contributed by atoms with Crippen LogP contribution in [-0.2, 0) is 0 Å². The van der Waals surface area contributed by atoms with Gasteiger partial charge in [-0.3, -0.25) is 4.79 Å². The third-order valence-corrected chi connectivity index (χ3v) is 4.48. The van der Waals surface area contributed by atoms with Crippen molar-refractivity contribution in [2.75, 3.05) is 5.73 Å². The molecule has 0 atom stereocenters. The Morgan fingerprint density at radius 1 is 0.857 bits per heavy atom. The summed E-state index contributed by atoms with van der Waals surface area (Å²) >= 11 is 0. The zero-order chi connectivity index (χ0) is 20.0. The molecule has 0 radical (unpaired) electrons. The summed E-state index contributed by atoms with van der Waals surface area (Å²) in [4.78, 5) is 34.9. The lowest BCUT2D eigenvalue weighted by atomic mass is 9.90. The van der Waals surface area contributed by atoms with Gasteiger partial charge in [-0.05, 0) is 42.0 Å². The molecule has 0 saturated carbocycles. The predicted molar refractivity (Wildman–Crippen MR) is 103 cm³/mol. The molecule has 0 saturated heterocycles. The molecule has 1 aliphatic heterocycles. The van der Waals surface area contributed by atoms with Crippen molar-refractivity contribution in [1.82, 2.24) is 0 Å². The SMILES string of the molecule is Nc1ccc2c(-c3ccc(C(=O)O)cc3C(=O)O)c3ccc(=O)cc-3oc2c1. The molecule has 2 aromatic rings. The summed E-state index contributed by atoms with van der Waals surface area (Å²) in [5, 5.41) is 19.5. The van der Waals surface area contributed by atoms with E-state index in [1.807, 2.05) is 0 Å². The quantitative estimate of drug-likeness (QED) is 0.369. The van der Waals surface area contributed by atoms with E-state index < -0.39 is 11.9 Å². The van der Waals surface area contributed by atoms with E-state index in [1.54, 1.807) is 24.3 Å². The Balaban J connectivity index is 2.17. The van der Waals surface area contributed by atoms with Crippen molar-refractivity contribution in [1.29, 1.82) is 0 Å². The van der Waals surface area contributed by atoms with Gasteiger partial charge >= 0.3 is 11.9 Å². The lowest BCUT2D eigenvalue weighted by Gasteiger charge is -2.17. The van der Waals surface area contributed by atoms with E-state index in [2.05, 4.69) is 0 Å². The average Bonchev–Trinajstić information content (AvgIpc) is 2.65. The van der Waals surface area contributed by atoms with Crippen LogP contribution in [0.5, 0.6) is 0 Å². The number of carbonyl (C=O) groups is 2. The molecule has 0 bridgehead atoms. The lowest BCUT2D eigenvalue weighted by Crippen LogP contribution is -2.06. The molecule has 0 amide bonds. The fraction of sp³-hybridized carbons (Fsp3) is 0. The van der Waals surface area contributed by atoms with E-state index in [4.69, 9.17) is 10.2 Å². The van der Waals surface area contributed by atoms with Gasteiger partial charge < -0.3 is 20.4 Å². The number of carboxylic acid groups (broad SMARTS) is 2. The van der Waals surface area contributed by atoms with Gasteiger partial charge in [0.25, 0.3) is 0 Å². The number of fused-ring (bicyclic) bond motifs is 2. The number of hydrogen-bond donors (Lipinski definition) is 3. The third-order valence-electron chi connectivity index (χ3n) is 4.48. The predicted octanol–water partition coefficient (Wildman–Crippen LogP) is 3.54. The molecular weight excluding hydrogens is 362 g/mol. The molecule has 0 unspecified atom stereocenters. The van der Waals surface area contributed by atoms with E-state index in [0.717, 1.165) is 6.07 Å². The first kappa shape index (κ1) is 17.3. The van der Waals surface area contributed by atoms with Crippen molar-refractivity contribution >= 4 is 28.6 Å². The van der Waals surface area contributed by atoms with Gasteiger partial charge in [-0.2, -0.15) is 0 Å². The number of benzene rings is 3. The van der Waals surface area contributed by atoms with E-state index >= 15 is 0 Å². The van der Waals surface area contributed by atoms with Crippen LogP contribution < -0.4 is 11.2 Å². The maximum Gasteiger partial charge on any atom is 0.336 e. The molecule has 4 N–H and O–H groups in total. The summed E-state index contributed by atoms with van der Waals surface area (Å²) in [5.41, 5.74) is 7.46. The van der Waals surface area contributed by atoms with Crippen LogP contribution in [0.1, 0.15) is 20.7 Å². The van der Waals surface area contributed by atoms with Crippen LogP contribution in [0.25, 0.3) is 33.4 Å². The van der Waals surface area contributed by atoms with Gasteiger partial charge in [0.2, 0.25) is 0 Å². The molecular formula is C21H13NO6. The minimum absolute atomic E-state index is 0.138. The Hall–Kier alpha value is -4.13. The van der Waals surface area contributed by atoms with Crippen LogP contribution in [0.4, 0.5) is 5.69 Å². The smallest absolute Gasteiger partial charge is 0.336 e. The number of carboxylic acids is 2. The zero-order valence-electron chi connectivity index (χ0n) is 14.3. The van der Waals surface area contributed by atoms with Crippen LogP contribution in [-0.4, -0.2) is 22.2 Å². The normalized spacial score (nSPS) is 11.0. The summed E-state index contributed by atoms with van der Waals surface area (Å²) in [5.74, 6) is -2.22. The molecule has 0 spiro atoms. The maximum absolute atomic E-state index is 11.9. The first-order chi connectivity index (χ1) is 13.3. The van der Waals surface area contributed by atoms with Crippen LogP contribution in [0, 0.1) is 0 Å². The Morgan fingerprint density at radius 2 is 1.61 bits per heavy atom. The molecule has 0 fully saturated rings. The van der Waals surface area contributed by atoms with Crippen molar-refractivity contribution in [3.05, 3.63) is 75.9 Å². The van der Waals surface area contributed by atoms with Gasteiger partial charge in [0, 0.05) is 34.3 Å². The molecule has 7 heteroatoms. The van der Waals surface area contributed by atoms with E-state index in [9.17, 15) is 24.6 Å². The molecule has 1 aliphatic carbocycles. The van der Waals surface area contributed by atoms with Crippen molar-refractivity contribution < 1.29 is 24.2 Å². The maximum atomic E-state index is 11.9. The summed E-state index contributed by atoms with van der Waals surface area (Å²) in [6.45, 7) is 0. The fourth-order valence-electron chi connectivity index (χ4n) is 3.25. The molecule has 2 aliphatic rings. The van der Waals surface area contributed by atoms with E-state index in [-0.39, 0.29) is 22.3 Å². The van der Waals surface area contributed by atoms with Gasteiger partial charge in [0.1, 0.15) is 11.3 Å². The highest BCUT2D eigenvalue weighted by atomic mass is 16.4. The van der Waals surface area contributed by atoms with Crippen molar-refractivity contribution in [2.24, 2.45) is 0 Å². The first-order valence-electron chi connectivity index (χ1n) is 8.22. The molecule has 4 rings (SSSR count). The second-order valence-corrected chi connectivity index (χ2v) is 6.26. The molecule has 138 valence electrons. The minimum Gasteiger partial charge on any atom is -0.478 e. The Labute approximate surface area is 157 Å². The van der Waals surface area contributed by atoms with Gasteiger partial charge in [0.15, 0.2) is 5.43 Å². The lowest BCUT2D eigenvalue weighted by molar-refractivity contribution is 0.0696. The van der Waals surface area contributed by atoms with Gasteiger partial charge in [-0.25, -0.2) is 9.59 Å².